The summed E-state index contributed by atoms with van der Waals surface area (Å²) in [6.07, 6.45) is 5.90. The Morgan fingerprint density at radius 3 is 2.81 bits per heavy atom. The Bertz CT molecular complexity index is 766. The Hall–Kier alpha value is -1.95. The summed E-state index contributed by atoms with van der Waals surface area (Å²) >= 11 is 0. The largest absolute Gasteiger partial charge is 0.809 e. The van der Waals surface area contributed by atoms with Gasteiger partial charge in [-0.25, -0.2) is 4.79 Å². The zero-order chi connectivity index (χ0) is 15.6. The lowest BCUT2D eigenvalue weighted by Gasteiger charge is -2.30. The van der Waals surface area contributed by atoms with Gasteiger partial charge >= 0.3 is 5.69 Å². The second-order valence-corrected chi connectivity index (χ2v) is 5.52. The van der Waals surface area contributed by atoms with Crippen LogP contribution in [0.4, 0.5) is 0 Å². The quantitative estimate of drug-likeness (QED) is 0.379. The third-order valence-electron chi connectivity index (χ3n) is 2.50. The van der Waals surface area contributed by atoms with Crippen LogP contribution < -0.4 is 21.0 Å². The summed E-state index contributed by atoms with van der Waals surface area (Å²) in [6.45, 7) is 0. The molecule has 1 aromatic rings. The van der Waals surface area contributed by atoms with Gasteiger partial charge in [0.05, 0.1) is 6.35 Å². The average molecular weight is 312 g/mol. The van der Waals surface area contributed by atoms with Crippen LogP contribution in [0.5, 0.6) is 0 Å². The van der Waals surface area contributed by atoms with Crippen molar-refractivity contribution in [2.45, 2.75) is 12.5 Å². The van der Waals surface area contributed by atoms with E-state index in [1.54, 1.807) is 0 Å². The van der Waals surface area contributed by atoms with Gasteiger partial charge in [0.2, 0.25) is 0 Å². The van der Waals surface area contributed by atoms with E-state index in [2.05, 4.69) is 5.92 Å². The number of hydrogen-bond acceptors (Lipinski definition) is 7. The Kier molecular flexibility index (Phi) is 4.27. The van der Waals surface area contributed by atoms with Crippen LogP contribution in [0.15, 0.2) is 27.9 Å². The third-order valence-corrected chi connectivity index (χ3v) is 2.97. The van der Waals surface area contributed by atoms with E-state index in [9.17, 15) is 23.9 Å². The molecule has 0 radical (unpaired) electrons. The van der Waals surface area contributed by atoms with Crippen LogP contribution in [0, 0.1) is 12.3 Å². The molecule has 0 saturated carbocycles. The van der Waals surface area contributed by atoms with Gasteiger partial charge in [-0.3, -0.25) is 14.3 Å². The SMILES string of the molecule is C#Cc1cn([C@H]2C=C[C@@H](OCP(=O)([O-])[O-])O2)c(=O)[nH]c1=O. The fraction of sp³-hybridized carbons (Fsp3) is 0.273. The predicted molar refractivity (Wildman–Crippen MR) is 65.9 cm³/mol. The Morgan fingerprint density at radius 1 is 1.48 bits per heavy atom. The van der Waals surface area contributed by atoms with Gasteiger partial charge in [0.25, 0.3) is 5.56 Å². The fourth-order valence-corrected chi connectivity index (χ4v) is 1.94. The first-order chi connectivity index (χ1) is 9.80. The molecule has 2 heterocycles. The van der Waals surface area contributed by atoms with Crippen LogP contribution in [-0.2, 0) is 14.0 Å². The van der Waals surface area contributed by atoms with Crippen molar-refractivity contribution in [3.05, 3.63) is 44.8 Å². The molecular formula is C11H9N2O7P-2. The van der Waals surface area contributed by atoms with Crippen LogP contribution in [0.2, 0.25) is 0 Å². The summed E-state index contributed by atoms with van der Waals surface area (Å²) in [5.41, 5.74) is -1.53. The maximum Gasteiger partial charge on any atom is 0.330 e. The molecule has 0 spiro atoms. The van der Waals surface area contributed by atoms with E-state index in [0.29, 0.717) is 0 Å². The van der Waals surface area contributed by atoms with Gasteiger partial charge in [-0.05, 0) is 19.7 Å². The molecule has 1 N–H and O–H groups in total. The molecule has 1 aliphatic rings. The minimum atomic E-state index is -4.82. The van der Waals surface area contributed by atoms with Crippen molar-refractivity contribution in [3.8, 4) is 12.3 Å². The van der Waals surface area contributed by atoms with Crippen molar-refractivity contribution in [1.29, 1.82) is 0 Å². The fourth-order valence-electron chi connectivity index (χ4n) is 1.61. The van der Waals surface area contributed by atoms with Crippen LogP contribution in [0.1, 0.15) is 11.8 Å². The van der Waals surface area contributed by atoms with Gasteiger partial charge in [-0.15, -0.1) is 6.42 Å². The van der Waals surface area contributed by atoms with Gasteiger partial charge in [0, 0.05) is 6.20 Å². The highest BCUT2D eigenvalue weighted by molar-refractivity contribution is 7.48. The molecule has 2 atom stereocenters. The Labute approximate surface area is 118 Å². The van der Waals surface area contributed by atoms with Crippen molar-refractivity contribution < 1.29 is 23.8 Å². The molecule has 10 heteroatoms. The van der Waals surface area contributed by atoms with Crippen molar-refractivity contribution in [1.82, 2.24) is 9.55 Å². The van der Waals surface area contributed by atoms with Crippen LogP contribution in [0.3, 0.4) is 0 Å². The number of aromatic amines is 1. The first-order valence-corrected chi connectivity index (χ1v) is 7.31. The number of ether oxygens (including phenoxy) is 2. The third kappa shape index (κ3) is 3.78. The summed E-state index contributed by atoms with van der Waals surface area (Å²) in [4.78, 5) is 45.9. The zero-order valence-electron chi connectivity index (χ0n) is 10.4. The number of aromatic nitrogens is 2. The topological polar surface area (TPSA) is 137 Å². The van der Waals surface area contributed by atoms with Crippen LogP contribution in [0.25, 0.3) is 0 Å². The summed E-state index contributed by atoms with van der Waals surface area (Å²) in [6, 6.07) is 0. The minimum absolute atomic E-state index is 0.0698. The molecule has 0 amide bonds. The maximum atomic E-state index is 11.7. The highest BCUT2D eigenvalue weighted by atomic mass is 31.2. The number of rotatable bonds is 4. The molecule has 1 aliphatic heterocycles. The van der Waals surface area contributed by atoms with Crippen molar-refractivity contribution in [2.24, 2.45) is 0 Å². The minimum Gasteiger partial charge on any atom is -0.809 e. The lowest BCUT2D eigenvalue weighted by atomic mass is 10.3. The molecule has 9 nitrogen and oxygen atoms in total. The van der Waals surface area contributed by atoms with Crippen molar-refractivity contribution in [3.63, 3.8) is 0 Å². The number of hydrogen-bond donors (Lipinski definition) is 1. The predicted octanol–water partition coefficient (Wildman–Crippen LogP) is -2.18. The Balaban J connectivity index is 2.15. The number of nitrogens with one attached hydrogen (secondary N) is 1. The van der Waals surface area contributed by atoms with E-state index >= 15 is 0 Å². The summed E-state index contributed by atoms with van der Waals surface area (Å²) in [5, 5.41) is 0. The average Bonchev–Trinajstić information content (AvgIpc) is 2.84. The molecule has 0 unspecified atom stereocenters. The normalized spacial score (nSPS) is 21.4. The van der Waals surface area contributed by atoms with E-state index in [1.165, 1.54) is 12.2 Å². The first kappa shape index (κ1) is 15.4. The molecular weight excluding hydrogens is 303 g/mol. The van der Waals surface area contributed by atoms with Crippen molar-refractivity contribution >= 4 is 7.60 Å². The second-order valence-electron chi connectivity index (χ2n) is 4.04. The van der Waals surface area contributed by atoms with Crippen LogP contribution in [-0.4, -0.2) is 22.2 Å². The molecule has 1 aromatic heterocycles. The maximum absolute atomic E-state index is 11.7. The highest BCUT2D eigenvalue weighted by Crippen LogP contribution is 2.27. The van der Waals surface area contributed by atoms with Gasteiger partial charge in [0.1, 0.15) is 5.56 Å². The van der Waals surface area contributed by atoms with Crippen LogP contribution >= 0.6 is 7.60 Å². The number of terminal acetylenes is 1. The van der Waals surface area contributed by atoms with E-state index < -0.39 is 37.7 Å². The smallest absolute Gasteiger partial charge is 0.330 e. The van der Waals surface area contributed by atoms with Gasteiger partial charge in [0.15, 0.2) is 12.5 Å². The number of H-pyrrole nitrogens is 1. The molecule has 21 heavy (non-hydrogen) atoms. The van der Waals surface area contributed by atoms with E-state index in [4.69, 9.17) is 15.9 Å². The van der Waals surface area contributed by atoms with Gasteiger partial charge < -0.3 is 23.8 Å². The molecule has 2 rings (SSSR count). The lowest BCUT2D eigenvalue weighted by molar-refractivity contribution is -0.320. The molecule has 0 fully saturated rings. The van der Waals surface area contributed by atoms with Gasteiger partial charge in [-0.1, -0.05) is 5.92 Å². The monoisotopic (exact) mass is 312 g/mol. The van der Waals surface area contributed by atoms with E-state index in [1.807, 2.05) is 4.98 Å². The summed E-state index contributed by atoms with van der Waals surface area (Å²) < 4.78 is 21.4. The molecule has 0 aromatic carbocycles. The zero-order valence-corrected chi connectivity index (χ0v) is 11.3. The lowest BCUT2D eigenvalue weighted by Crippen LogP contribution is -2.34. The summed E-state index contributed by atoms with van der Waals surface area (Å²) in [5.74, 6) is 2.11. The molecule has 0 aliphatic carbocycles. The van der Waals surface area contributed by atoms with Gasteiger partial charge in [-0.2, -0.15) is 0 Å². The standard InChI is InChI=1S/C11H11N2O7P/c1-2-7-5-13(11(15)12-10(7)14)8-3-4-9(20-8)19-6-21(16,17)18/h1,3-5,8-9H,6H2,(H,12,14,15)(H2,16,17,18)/p-2/t8-,9+/m1/s1. The molecule has 0 saturated heterocycles. The summed E-state index contributed by atoms with van der Waals surface area (Å²) in [7, 11) is -4.82. The Morgan fingerprint density at radius 2 is 2.19 bits per heavy atom. The second kappa shape index (κ2) is 5.81. The van der Waals surface area contributed by atoms with E-state index in [-0.39, 0.29) is 5.56 Å². The molecule has 112 valence electrons. The van der Waals surface area contributed by atoms with Crippen molar-refractivity contribution in [2.75, 3.05) is 6.35 Å². The molecule has 0 bridgehead atoms. The highest BCUT2D eigenvalue weighted by Gasteiger charge is 2.22. The van der Waals surface area contributed by atoms with E-state index in [0.717, 1.165) is 10.8 Å². The number of nitrogens with zero attached hydrogens (tertiary/aromatic N) is 1. The first-order valence-electron chi connectivity index (χ1n) is 5.59.